The number of aryl methyl sites for hydroxylation is 1. The molecule has 0 aromatic heterocycles. The summed E-state index contributed by atoms with van der Waals surface area (Å²) in [4.78, 5) is 0. The van der Waals surface area contributed by atoms with Crippen LogP contribution in [0.5, 0.6) is 5.75 Å². The smallest absolute Gasteiger partial charge is 0.123 e. The summed E-state index contributed by atoms with van der Waals surface area (Å²) in [7, 11) is 1.65. The van der Waals surface area contributed by atoms with Crippen LogP contribution < -0.4 is 16.0 Å². The largest absolute Gasteiger partial charge is 0.496 e. The Balaban J connectivity index is 2.37. The minimum atomic E-state index is -0.141. The van der Waals surface area contributed by atoms with Crippen molar-refractivity contribution < 1.29 is 4.74 Å². The van der Waals surface area contributed by atoms with Gasteiger partial charge in [0, 0.05) is 15.6 Å². The van der Waals surface area contributed by atoms with E-state index in [1.165, 1.54) is 0 Å². The first-order valence-corrected chi connectivity index (χ1v) is 7.36. The van der Waals surface area contributed by atoms with Gasteiger partial charge in [-0.3, -0.25) is 11.3 Å². The van der Waals surface area contributed by atoms with E-state index in [2.05, 4.69) is 5.43 Å². The van der Waals surface area contributed by atoms with E-state index in [9.17, 15) is 0 Å². The third kappa shape index (κ3) is 3.69. The summed E-state index contributed by atoms with van der Waals surface area (Å²) in [5.74, 6) is 6.52. The molecular formula is C16H18Cl2N2O. The maximum absolute atomic E-state index is 6.23. The van der Waals surface area contributed by atoms with Gasteiger partial charge < -0.3 is 4.74 Å². The molecular weight excluding hydrogens is 307 g/mol. The topological polar surface area (TPSA) is 47.3 Å². The Hall–Kier alpha value is -1.26. The fourth-order valence-electron chi connectivity index (χ4n) is 2.30. The molecule has 2 rings (SSSR count). The van der Waals surface area contributed by atoms with Crippen LogP contribution in [0.25, 0.3) is 0 Å². The molecule has 3 N–H and O–H groups in total. The van der Waals surface area contributed by atoms with Gasteiger partial charge >= 0.3 is 0 Å². The Morgan fingerprint density at radius 3 is 2.43 bits per heavy atom. The molecule has 0 saturated carbocycles. The van der Waals surface area contributed by atoms with Crippen molar-refractivity contribution >= 4 is 23.2 Å². The van der Waals surface area contributed by atoms with Crippen LogP contribution in [-0.4, -0.2) is 7.11 Å². The van der Waals surface area contributed by atoms with Crippen LogP contribution in [0.1, 0.15) is 22.7 Å². The van der Waals surface area contributed by atoms with E-state index >= 15 is 0 Å². The lowest BCUT2D eigenvalue weighted by molar-refractivity contribution is 0.398. The van der Waals surface area contributed by atoms with Crippen molar-refractivity contribution in [2.24, 2.45) is 5.84 Å². The van der Waals surface area contributed by atoms with Gasteiger partial charge in [0.05, 0.1) is 13.2 Å². The van der Waals surface area contributed by atoms with E-state index in [0.717, 1.165) is 22.4 Å². The van der Waals surface area contributed by atoms with Crippen LogP contribution in [0.4, 0.5) is 0 Å². The lowest BCUT2D eigenvalue weighted by Crippen LogP contribution is -2.30. The highest BCUT2D eigenvalue weighted by Gasteiger charge is 2.18. The van der Waals surface area contributed by atoms with Gasteiger partial charge in [0.2, 0.25) is 0 Å². The Kier molecular flexibility index (Phi) is 5.48. The van der Waals surface area contributed by atoms with E-state index in [1.807, 2.05) is 43.3 Å². The fraction of sp³-hybridized carbons (Fsp3) is 0.250. The Morgan fingerprint density at radius 1 is 1.19 bits per heavy atom. The number of nitrogens with one attached hydrogen (secondary N) is 1. The summed E-state index contributed by atoms with van der Waals surface area (Å²) >= 11 is 12.5. The highest BCUT2D eigenvalue weighted by atomic mass is 35.5. The summed E-state index contributed by atoms with van der Waals surface area (Å²) < 4.78 is 5.45. The second-order valence-corrected chi connectivity index (χ2v) is 5.68. The summed E-state index contributed by atoms with van der Waals surface area (Å²) in [5, 5.41) is 1.27. The third-order valence-corrected chi connectivity index (χ3v) is 4.14. The Bertz CT molecular complexity index is 611. The molecule has 0 aliphatic carbocycles. The monoisotopic (exact) mass is 324 g/mol. The number of rotatable bonds is 5. The summed E-state index contributed by atoms with van der Waals surface area (Å²) in [5.41, 5.74) is 5.79. The van der Waals surface area contributed by atoms with Gasteiger partial charge in [-0.15, -0.1) is 0 Å². The first-order chi connectivity index (χ1) is 10.1. The molecule has 0 bridgehead atoms. The van der Waals surface area contributed by atoms with Crippen molar-refractivity contribution in [2.75, 3.05) is 7.11 Å². The fourth-order valence-corrected chi connectivity index (χ4v) is 2.85. The Morgan fingerprint density at radius 2 is 1.86 bits per heavy atom. The number of ether oxygens (including phenoxy) is 1. The highest BCUT2D eigenvalue weighted by molar-refractivity contribution is 6.36. The number of hydrazine groups is 1. The van der Waals surface area contributed by atoms with Gasteiger partial charge in [0.25, 0.3) is 0 Å². The molecule has 1 atom stereocenters. The molecule has 112 valence electrons. The molecule has 2 aromatic rings. The van der Waals surface area contributed by atoms with Crippen LogP contribution in [0.15, 0.2) is 36.4 Å². The maximum atomic E-state index is 6.23. The van der Waals surface area contributed by atoms with E-state index in [-0.39, 0.29) is 6.04 Å². The zero-order valence-corrected chi connectivity index (χ0v) is 13.5. The lowest BCUT2D eigenvalue weighted by atomic mass is 9.97. The van der Waals surface area contributed by atoms with Crippen molar-refractivity contribution in [3.8, 4) is 5.75 Å². The van der Waals surface area contributed by atoms with Crippen LogP contribution in [0.2, 0.25) is 10.0 Å². The summed E-state index contributed by atoms with van der Waals surface area (Å²) in [6, 6.07) is 11.3. The first-order valence-electron chi connectivity index (χ1n) is 6.60. The molecule has 0 fully saturated rings. The van der Waals surface area contributed by atoms with Crippen molar-refractivity contribution in [2.45, 2.75) is 19.4 Å². The molecule has 0 spiro atoms. The molecule has 0 heterocycles. The molecule has 0 radical (unpaired) electrons. The molecule has 5 heteroatoms. The first kappa shape index (κ1) is 16.1. The molecule has 21 heavy (non-hydrogen) atoms. The van der Waals surface area contributed by atoms with Gasteiger partial charge in [-0.2, -0.15) is 0 Å². The summed E-state index contributed by atoms with van der Waals surface area (Å²) in [6.45, 7) is 2.02. The van der Waals surface area contributed by atoms with Crippen molar-refractivity contribution in [1.82, 2.24) is 5.43 Å². The minimum Gasteiger partial charge on any atom is -0.496 e. The maximum Gasteiger partial charge on any atom is 0.123 e. The van der Waals surface area contributed by atoms with Crippen LogP contribution in [0, 0.1) is 6.92 Å². The van der Waals surface area contributed by atoms with E-state index in [1.54, 1.807) is 7.11 Å². The number of nitrogens with two attached hydrogens (primary N) is 1. The number of benzene rings is 2. The summed E-state index contributed by atoms with van der Waals surface area (Å²) in [6.07, 6.45) is 0.578. The number of hydrogen-bond donors (Lipinski definition) is 2. The second-order valence-electron chi connectivity index (χ2n) is 4.87. The normalized spacial score (nSPS) is 12.2. The number of hydrogen-bond acceptors (Lipinski definition) is 3. The van der Waals surface area contributed by atoms with Gasteiger partial charge in [0.15, 0.2) is 0 Å². The van der Waals surface area contributed by atoms with Crippen molar-refractivity contribution in [1.29, 1.82) is 0 Å². The predicted molar refractivity (Wildman–Crippen MR) is 88.0 cm³/mol. The van der Waals surface area contributed by atoms with Crippen LogP contribution in [0.3, 0.4) is 0 Å². The van der Waals surface area contributed by atoms with Gasteiger partial charge in [-0.1, -0.05) is 41.4 Å². The second kappa shape index (κ2) is 7.14. The number of methoxy groups -OCH3 is 1. The lowest BCUT2D eigenvalue weighted by Gasteiger charge is -2.20. The van der Waals surface area contributed by atoms with Gasteiger partial charge in [-0.25, -0.2) is 0 Å². The van der Waals surface area contributed by atoms with Crippen molar-refractivity contribution in [3.05, 3.63) is 63.1 Å². The van der Waals surface area contributed by atoms with Crippen LogP contribution >= 0.6 is 23.2 Å². The molecule has 1 unspecified atom stereocenters. The standard InChI is InChI=1S/C16H18Cl2N2O/c1-10-6-7-11(16(8-10)21-2)15(20-19)9-12-13(17)4-3-5-14(12)18/h3-8,15,20H,9,19H2,1-2H3. The highest BCUT2D eigenvalue weighted by Crippen LogP contribution is 2.32. The molecule has 3 nitrogen and oxygen atoms in total. The molecule has 0 saturated heterocycles. The minimum absolute atomic E-state index is 0.141. The SMILES string of the molecule is COc1cc(C)ccc1C(Cc1c(Cl)cccc1Cl)NN. The van der Waals surface area contributed by atoms with Gasteiger partial charge in [-0.05, 0) is 42.7 Å². The molecule has 2 aromatic carbocycles. The predicted octanol–water partition coefficient (Wildman–Crippen LogP) is 4.06. The average Bonchev–Trinajstić information content (AvgIpc) is 2.47. The van der Waals surface area contributed by atoms with Gasteiger partial charge in [0.1, 0.15) is 5.75 Å². The number of halogens is 2. The van der Waals surface area contributed by atoms with Crippen molar-refractivity contribution in [3.63, 3.8) is 0 Å². The third-order valence-electron chi connectivity index (χ3n) is 3.44. The molecule has 0 aliphatic heterocycles. The molecule has 0 amide bonds. The zero-order chi connectivity index (χ0) is 15.4. The van der Waals surface area contributed by atoms with E-state index in [4.69, 9.17) is 33.8 Å². The zero-order valence-electron chi connectivity index (χ0n) is 12.0. The Labute approximate surface area is 135 Å². The van der Waals surface area contributed by atoms with Crippen LogP contribution in [-0.2, 0) is 6.42 Å². The van der Waals surface area contributed by atoms with E-state index < -0.39 is 0 Å². The average molecular weight is 325 g/mol. The van der Waals surface area contributed by atoms with E-state index in [0.29, 0.717) is 16.5 Å². The quantitative estimate of drug-likeness (QED) is 0.644. The molecule has 0 aliphatic rings.